The number of aromatic carboxylic acids is 1. The van der Waals surface area contributed by atoms with Gasteiger partial charge in [-0.15, -0.1) is 28.5 Å². The molecule has 0 aliphatic carbocycles. The number of carbonyl (C=O) groups excluding carboxylic acids is 1. The van der Waals surface area contributed by atoms with E-state index in [0.29, 0.717) is 23.1 Å². The van der Waals surface area contributed by atoms with Crippen LogP contribution < -0.4 is 5.32 Å². The fraction of sp³-hybridized carbons (Fsp3) is 0.217. The number of hydrogen-bond donors (Lipinski definition) is 2. The van der Waals surface area contributed by atoms with Gasteiger partial charge in [0.1, 0.15) is 5.82 Å². The first-order valence-electron chi connectivity index (χ1n) is 9.88. The molecule has 1 heterocycles. The molecule has 9 heteroatoms. The normalized spacial score (nSPS) is 10.7. The number of hydrogen-bond acceptors (Lipinski definition) is 6. The summed E-state index contributed by atoms with van der Waals surface area (Å²) >= 11 is 3.04. The third-order valence-corrected chi connectivity index (χ3v) is 6.42. The minimum Gasteiger partial charge on any atom is -0.478 e. The van der Waals surface area contributed by atoms with Gasteiger partial charge in [0.25, 0.3) is 0 Å². The average molecular weight is 469 g/mol. The number of aryl methyl sites for hydroxylation is 1. The van der Waals surface area contributed by atoms with Crippen molar-refractivity contribution in [2.24, 2.45) is 0 Å². The third kappa shape index (κ3) is 6.73. The van der Waals surface area contributed by atoms with Gasteiger partial charge in [-0.2, -0.15) is 0 Å². The smallest absolute Gasteiger partial charge is 0.335 e. The standard InChI is InChI=1S/C23H24N4O3S2/c1-3-11-27-20(14-31-13-17-9-7-16(2)8-10-17)25-26-23(27)32-15-21(28)24-19-6-4-5-18(12-19)22(29)30/h3-10,12H,1,11,13-15H2,2H3,(H,24,28)(H,29,30). The van der Waals surface area contributed by atoms with Crippen molar-refractivity contribution >= 4 is 41.1 Å². The Morgan fingerprint density at radius 1 is 1.16 bits per heavy atom. The Kier molecular flexibility index (Phi) is 8.52. The molecule has 0 saturated heterocycles. The highest BCUT2D eigenvalue weighted by atomic mass is 32.2. The summed E-state index contributed by atoms with van der Waals surface area (Å²) in [5.41, 5.74) is 3.06. The molecular weight excluding hydrogens is 444 g/mol. The van der Waals surface area contributed by atoms with E-state index in [9.17, 15) is 9.59 Å². The molecule has 0 unspecified atom stereocenters. The molecule has 0 saturated carbocycles. The van der Waals surface area contributed by atoms with Crippen LogP contribution in [-0.2, 0) is 22.8 Å². The highest BCUT2D eigenvalue weighted by molar-refractivity contribution is 7.99. The molecule has 0 fully saturated rings. The van der Waals surface area contributed by atoms with Gasteiger partial charge in [-0.1, -0.05) is 53.7 Å². The Bertz CT molecular complexity index is 1100. The van der Waals surface area contributed by atoms with E-state index in [0.717, 1.165) is 11.6 Å². The first kappa shape index (κ1) is 23.6. The number of rotatable bonds is 11. The number of amides is 1. The molecule has 0 aliphatic rings. The zero-order valence-electron chi connectivity index (χ0n) is 17.7. The molecule has 3 rings (SSSR count). The van der Waals surface area contributed by atoms with Crippen LogP contribution in [0.5, 0.6) is 0 Å². The average Bonchev–Trinajstić information content (AvgIpc) is 3.15. The number of nitrogens with zero attached hydrogens (tertiary/aromatic N) is 3. The predicted octanol–water partition coefficient (Wildman–Crippen LogP) is 4.63. The molecule has 7 nitrogen and oxygen atoms in total. The number of nitrogens with one attached hydrogen (secondary N) is 1. The summed E-state index contributed by atoms with van der Waals surface area (Å²) in [6.45, 7) is 6.43. The van der Waals surface area contributed by atoms with E-state index < -0.39 is 5.97 Å². The van der Waals surface area contributed by atoms with E-state index in [1.165, 1.54) is 35.0 Å². The lowest BCUT2D eigenvalue weighted by atomic mass is 10.2. The Balaban J connectivity index is 1.56. The summed E-state index contributed by atoms with van der Waals surface area (Å²) in [4.78, 5) is 23.4. The van der Waals surface area contributed by atoms with E-state index in [4.69, 9.17) is 5.11 Å². The van der Waals surface area contributed by atoms with Gasteiger partial charge in [0, 0.05) is 18.0 Å². The van der Waals surface area contributed by atoms with Crippen LogP contribution in [0.1, 0.15) is 27.3 Å². The predicted molar refractivity (Wildman–Crippen MR) is 129 cm³/mol. The summed E-state index contributed by atoms with van der Waals surface area (Å²) in [5, 5.41) is 21.0. The minimum absolute atomic E-state index is 0.119. The van der Waals surface area contributed by atoms with E-state index in [-0.39, 0.29) is 17.2 Å². The number of carboxylic acid groups (broad SMARTS) is 1. The lowest BCUT2D eigenvalue weighted by Crippen LogP contribution is -2.15. The van der Waals surface area contributed by atoms with E-state index in [1.54, 1.807) is 30.0 Å². The number of allylic oxidation sites excluding steroid dienone is 1. The zero-order valence-corrected chi connectivity index (χ0v) is 19.3. The fourth-order valence-corrected chi connectivity index (χ4v) is 4.54. The van der Waals surface area contributed by atoms with Gasteiger partial charge >= 0.3 is 5.97 Å². The Morgan fingerprint density at radius 3 is 2.66 bits per heavy atom. The molecule has 2 aromatic carbocycles. The quantitative estimate of drug-likeness (QED) is 0.313. The highest BCUT2D eigenvalue weighted by Gasteiger charge is 2.14. The van der Waals surface area contributed by atoms with Crippen molar-refractivity contribution in [2.45, 2.75) is 30.1 Å². The number of carbonyl (C=O) groups is 2. The van der Waals surface area contributed by atoms with E-state index in [2.05, 4.69) is 53.3 Å². The number of benzene rings is 2. The number of thioether (sulfide) groups is 2. The van der Waals surface area contributed by atoms with Gasteiger partial charge in [-0.3, -0.25) is 4.79 Å². The van der Waals surface area contributed by atoms with Gasteiger partial charge in [-0.25, -0.2) is 4.79 Å². The molecule has 2 N–H and O–H groups in total. The molecule has 32 heavy (non-hydrogen) atoms. The molecule has 0 spiro atoms. The van der Waals surface area contributed by atoms with Crippen LogP contribution in [-0.4, -0.2) is 37.5 Å². The second-order valence-corrected chi connectivity index (χ2v) is 8.93. The van der Waals surface area contributed by atoms with Crippen molar-refractivity contribution in [3.05, 3.63) is 83.7 Å². The molecule has 0 radical (unpaired) electrons. The highest BCUT2D eigenvalue weighted by Crippen LogP contribution is 2.22. The topological polar surface area (TPSA) is 97.1 Å². The van der Waals surface area contributed by atoms with E-state index in [1.807, 2.05) is 4.57 Å². The van der Waals surface area contributed by atoms with Crippen LogP contribution in [0.15, 0.2) is 66.3 Å². The summed E-state index contributed by atoms with van der Waals surface area (Å²) < 4.78 is 1.96. The number of carboxylic acids is 1. The van der Waals surface area contributed by atoms with Gasteiger partial charge in [0.15, 0.2) is 5.16 Å². The maximum atomic E-state index is 12.3. The lowest BCUT2D eigenvalue weighted by molar-refractivity contribution is -0.113. The fourth-order valence-electron chi connectivity index (χ4n) is 2.85. The number of aromatic nitrogens is 3. The van der Waals surface area contributed by atoms with Crippen molar-refractivity contribution in [1.82, 2.24) is 14.8 Å². The van der Waals surface area contributed by atoms with Crippen LogP contribution in [0.25, 0.3) is 0 Å². The van der Waals surface area contributed by atoms with Crippen molar-refractivity contribution in [2.75, 3.05) is 11.1 Å². The number of anilines is 1. The molecule has 0 atom stereocenters. The molecule has 0 aliphatic heterocycles. The summed E-state index contributed by atoms with van der Waals surface area (Å²) in [7, 11) is 0. The third-order valence-electron chi connectivity index (χ3n) is 4.45. The largest absolute Gasteiger partial charge is 0.478 e. The Labute approximate surface area is 195 Å². The summed E-state index contributed by atoms with van der Waals surface area (Å²) in [6.07, 6.45) is 1.78. The molecule has 166 valence electrons. The van der Waals surface area contributed by atoms with Crippen molar-refractivity contribution in [3.63, 3.8) is 0 Å². The van der Waals surface area contributed by atoms with Crippen LogP contribution in [0, 0.1) is 6.92 Å². The summed E-state index contributed by atoms with van der Waals surface area (Å²) in [6, 6.07) is 14.6. The SMILES string of the molecule is C=CCn1c(CSCc2ccc(C)cc2)nnc1SCC(=O)Nc1cccc(C(=O)O)c1. The minimum atomic E-state index is -1.04. The molecule has 0 bridgehead atoms. The second-order valence-electron chi connectivity index (χ2n) is 7.00. The van der Waals surface area contributed by atoms with Crippen LogP contribution in [0.4, 0.5) is 5.69 Å². The van der Waals surface area contributed by atoms with Gasteiger partial charge in [-0.05, 0) is 30.7 Å². The lowest BCUT2D eigenvalue weighted by Gasteiger charge is -2.08. The maximum absolute atomic E-state index is 12.3. The second kappa shape index (κ2) is 11.5. The monoisotopic (exact) mass is 468 g/mol. The zero-order chi connectivity index (χ0) is 22.9. The molecule has 1 aromatic heterocycles. The van der Waals surface area contributed by atoms with Crippen LogP contribution in [0.3, 0.4) is 0 Å². The van der Waals surface area contributed by atoms with Gasteiger partial charge < -0.3 is 15.0 Å². The van der Waals surface area contributed by atoms with Crippen molar-refractivity contribution in [3.8, 4) is 0 Å². The van der Waals surface area contributed by atoms with Gasteiger partial charge in [0.05, 0.1) is 17.1 Å². The van der Waals surface area contributed by atoms with Crippen LogP contribution >= 0.6 is 23.5 Å². The van der Waals surface area contributed by atoms with Crippen LogP contribution in [0.2, 0.25) is 0 Å². The van der Waals surface area contributed by atoms with Crippen molar-refractivity contribution in [1.29, 1.82) is 0 Å². The van der Waals surface area contributed by atoms with Gasteiger partial charge in [0.2, 0.25) is 5.91 Å². The molecule has 3 aromatic rings. The van der Waals surface area contributed by atoms with Crippen molar-refractivity contribution < 1.29 is 14.7 Å². The Morgan fingerprint density at radius 2 is 1.94 bits per heavy atom. The first-order valence-corrected chi connectivity index (χ1v) is 12.0. The maximum Gasteiger partial charge on any atom is 0.335 e. The first-order chi connectivity index (χ1) is 15.5. The molecular formula is C23H24N4O3S2. The summed E-state index contributed by atoms with van der Waals surface area (Å²) in [5.74, 6) is 1.24. The molecule has 1 amide bonds. The van der Waals surface area contributed by atoms with E-state index >= 15 is 0 Å². The Hall–Kier alpha value is -3.04.